The van der Waals surface area contributed by atoms with E-state index in [1.54, 1.807) is 12.1 Å². The van der Waals surface area contributed by atoms with Gasteiger partial charge in [0, 0.05) is 6.07 Å². The second kappa shape index (κ2) is 2.59. The van der Waals surface area contributed by atoms with Gasteiger partial charge >= 0.3 is 0 Å². The van der Waals surface area contributed by atoms with E-state index in [4.69, 9.17) is 9.56 Å². The maximum absolute atomic E-state index is 5.46. The molecule has 0 saturated heterocycles. The van der Waals surface area contributed by atoms with E-state index in [0.717, 1.165) is 0 Å². The van der Waals surface area contributed by atoms with E-state index in [2.05, 4.69) is 31.6 Å². The van der Waals surface area contributed by atoms with Crippen LogP contribution in [0.2, 0.25) is 0 Å². The topological polar surface area (TPSA) is 78.3 Å². The van der Waals surface area contributed by atoms with Crippen LogP contribution in [0.1, 0.15) is 0 Å². The van der Waals surface area contributed by atoms with Crippen LogP contribution in [-0.2, 0) is 0 Å². The van der Waals surface area contributed by atoms with Crippen LogP contribution in [0.4, 0.5) is 5.95 Å². The molecule has 0 aliphatic heterocycles. The predicted molar refractivity (Wildman–Crippen MR) is 44.7 cm³/mol. The molecule has 62 valence electrons. The maximum atomic E-state index is 5.46. The van der Waals surface area contributed by atoms with Crippen molar-refractivity contribution in [3.63, 3.8) is 0 Å². The minimum Gasteiger partial charge on any atom is -0.396 e. The minimum absolute atomic E-state index is 0.233. The first-order valence-corrected chi connectivity index (χ1v) is 3.72. The van der Waals surface area contributed by atoms with E-state index in [1.807, 2.05) is 0 Å². The summed E-state index contributed by atoms with van der Waals surface area (Å²) in [6.07, 6.45) is 0. The summed E-state index contributed by atoms with van der Waals surface area (Å²) in [4.78, 5) is 0. The van der Waals surface area contributed by atoms with Crippen LogP contribution >= 0.6 is 16.3 Å². The average molecular weight is 230 g/mol. The van der Waals surface area contributed by atoms with Crippen LogP contribution in [-0.4, -0.2) is 19.8 Å². The van der Waals surface area contributed by atoms with Crippen molar-refractivity contribution in [3.8, 4) is 5.88 Å². The predicted octanol–water partition coefficient (Wildman–Crippen LogP) is 0.395. The van der Waals surface area contributed by atoms with Crippen LogP contribution in [0.3, 0.4) is 0 Å². The fraction of sp³-hybridized carbons (Fsp3) is 0. The molecule has 0 aromatic carbocycles. The summed E-state index contributed by atoms with van der Waals surface area (Å²) in [6, 6.07) is 3.35. The highest BCUT2D eigenvalue weighted by atomic mass is 79.9. The van der Waals surface area contributed by atoms with Crippen molar-refractivity contribution in [2.75, 3.05) is 5.73 Å². The first kappa shape index (κ1) is 7.29. The molecule has 0 atom stereocenters. The van der Waals surface area contributed by atoms with E-state index >= 15 is 0 Å². The lowest BCUT2D eigenvalue weighted by molar-refractivity contribution is 0.621. The summed E-state index contributed by atoms with van der Waals surface area (Å²) in [5.41, 5.74) is 6.04. The number of nitrogens with zero attached hydrogens (tertiary/aromatic N) is 4. The number of nitrogens with two attached hydrogens (primary N) is 1. The number of anilines is 1. The minimum atomic E-state index is 0.233. The van der Waals surface area contributed by atoms with Crippen molar-refractivity contribution >= 4 is 27.9 Å². The van der Waals surface area contributed by atoms with Gasteiger partial charge < -0.3 is 9.56 Å². The number of hydrogen-bond donors (Lipinski definition) is 1. The molecule has 0 aliphatic carbocycles. The Morgan fingerprint density at radius 2 is 2.25 bits per heavy atom. The van der Waals surface area contributed by atoms with E-state index < -0.39 is 0 Å². The highest BCUT2D eigenvalue weighted by Crippen LogP contribution is 2.11. The molecule has 0 bridgehead atoms. The highest BCUT2D eigenvalue weighted by Gasteiger charge is 2.03. The summed E-state index contributed by atoms with van der Waals surface area (Å²) in [5, 5.41) is 11.3. The lowest BCUT2D eigenvalue weighted by Crippen LogP contribution is -1.98. The van der Waals surface area contributed by atoms with E-state index in [0.29, 0.717) is 11.5 Å². The third-order valence-electron chi connectivity index (χ3n) is 1.34. The van der Waals surface area contributed by atoms with Gasteiger partial charge in [-0.3, -0.25) is 0 Å². The van der Waals surface area contributed by atoms with Crippen LogP contribution in [0.25, 0.3) is 5.65 Å². The van der Waals surface area contributed by atoms with Crippen molar-refractivity contribution in [2.45, 2.75) is 0 Å². The number of aromatic nitrogens is 4. The van der Waals surface area contributed by atoms with Gasteiger partial charge in [-0.15, -0.1) is 15.3 Å². The van der Waals surface area contributed by atoms with Gasteiger partial charge in [-0.2, -0.15) is 4.52 Å². The molecule has 0 aliphatic rings. The molecule has 2 aromatic rings. The zero-order valence-electron chi connectivity index (χ0n) is 5.81. The Balaban J connectivity index is 2.71. The van der Waals surface area contributed by atoms with Crippen LogP contribution in [0.5, 0.6) is 5.88 Å². The monoisotopic (exact) mass is 229 g/mol. The van der Waals surface area contributed by atoms with E-state index in [9.17, 15) is 0 Å². The lowest BCUT2D eigenvalue weighted by atomic mass is 10.5. The van der Waals surface area contributed by atoms with Crippen molar-refractivity contribution in [2.24, 2.45) is 0 Å². The zero-order valence-corrected chi connectivity index (χ0v) is 7.39. The molecule has 0 amide bonds. The molecule has 0 fully saturated rings. The van der Waals surface area contributed by atoms with Crippen LogP contribution < -0.4 is 9.56 Å². The van der Waals surface area contributed by atoms with Crippen molar-refractivity contribution in [1.82, 2.24) is 19.8 Å². The van der Waals surface area contributed by atoms with Crippen molar-refractivity contribution < 1.29 is 3.83 Å². The summed E-state index contributed by atoms with van der Waals surface area (Å²) in [6.45, 7) is 0. The Labute approximate surface area is 75.8 Å². The Hall–Kier alpha value is -1.37. The average Bonchev–Trinajstić information content (AvgIpc) is 2.47. The molecule has 0 spiro atoms. The van der Waals surface area contributed by atoms with Gasteiger partial charge in [0.2, 0.25) is 11.8 Å². The van der Waals surface area contributed by atoms with Gasteiger partial charge in [-0.1, -0.05) is 0 Å². The van der Waals surface area contributed by atoms with Gasteiger partial charge in [-0.25, -0.2) is 0 Å². The largest absolute Gasteiger partial charge is 0.396 e. The molecule has 6 nitrogen and oxygen atoms in total. The first-order chi connectivity index (χ1) is 5.81. The number of fused-ring (bicyclic) bond motifs is 1. The van der Waals surface area contributed by atoms with E-state index in [-0.39, 0.29) is 5.95 Å². The number of rotatable bonds is 1. The molecule has 12 heavy (non-hydrogen) atoms. The quantitative estimate of drug-likeness (QED) is 0.766. The van der Waals surface area contributed by atoms with Gasteiger partial charge in [0.1, 0.15) is 0 Å². The number of hydrogen-bond acceptors (Lipinski definition) is 5. The third-order valence-corrected chi connectivity index (χ3v) is 1.67. The Bertz CT molecular complexity index is 413. The van der Waals surface area contributed by atoms with Gasteiger partial charge in [0.15, 0.2) is 21.9 Å². The van der Waals surface area contributed by atoms with Crippen LogP contribution in [0.15, 0.2) is 12.1 Å². The lowest BCUT2D eigenvalue weighted by Gasteiger charge is -1.95. The van der Waals surface area contributed by atoms with Gasteiger partial charge in [0.05, 0.1) is 0 Å². The fourth-order valence-corrected chi connectivity index (χ4v) is 1.00. The Morgan fingerprint density at radius 1 is 1.42 bits per heavy atom. The Kier molecular flexibility index (Phi) is 1.58. The molecule has 0 unspecified atom stereocenters. The van der Waals surface area contributed by atoms with E-state index in [1.165, 1.54) is 4.52 Å². The normalized spacial score (nSPS) is 10.4. The van der Waals surface area contributed by atoms with Crippen molar-refractivity contribution in [1.29, 1.82) is 0 Å². The maximum Gasteiger partial charge on any atom is 0.245 e. The molecule has 0 radical (unpaired) electrons. The zero-order chi connectivity index (χ0) is 8.55. The summed E-state index contributed by atoms with van der Waals surface area (Å²) < 4.78 is 6.10. The smallest absolute Gasteiger partial charge is 0.245 e. The summed E-state index contributed by atoms with van der Waals surface area (Å²) in [7, 11) is 0. The molecule has 2 heterocycles. The highest BCUT2D eigenvalue weighted by molar-refractivity contribution is 9.06. The molecule has 7 heteroatoms. The molecule has 2 aromatic heterocycles. The van der Waals surface area contributed by atoms with Crippen molar-refractivity contribution in [3.05, 3.63) is 12.1 Å². The van der Waals surface area contributed by atoms with Gasteiger partial charge in [0.25, 0.3) is 0 Å². The molecular formula is C5H4BrN5O. The Morgan fingerprint density at radius 3 is 3.00 bits per heavy atom. The fourth-order valence-electron chi connectivity index (χ4n) is 0.830. The second-order valence-electron chi connectivity index (χ2n) is 2.08. The molecule has 0 saturated carbocycles. The third kappa shape index (κ3) is 0.981. The molecule has 2 N–H and O–H groups in total. The SMILES string of the molecule is Nc1nnc2ccc(OBr)nn12. The summed E-state index contributed by atoms with van der Waals surface area (Å²) >= 11 is 2.80. The number of halogens is 1. The summed E-state index contributed by atoms with van der Waals surface area (Å²) in [5.74, 6) is 0.630. The number of nitrogen functional groups attached to an aromatic ring is 1. The van der Waals surface area contributed by atoms with Gasteiger partial charge in [-0.05, 0) is 6.07 Å². The molecule has 2 rings (SSSR count). The standard InChI is InChI=1S/C5H4BrN5O/c6-12-4-2-1-3-8-9-5(7)11(3)10-4/h1-2H,(H2,7,9). The molecular weight excluding hydrogens is 226 g/mol. The first-order valence-electron chi connectivity index (χ1n) is 3.08. The van der Waals surface area contributed by atoms with Crippen LogP contribution in [0, 0.1) is 0 Å². The second-order valence-corrected chi connectivity index (χ2v) is 2.40.